The summed E-state index contributed by atoms with van der Waals surface area (Å²) >= 11 is 0. The van der Waals surface area contributed by atoms with Gasteiger partial charge >= 0.3 is 75.5 Å². The van der Waals surface area contributed by atoms with Gasteiger partial charge in [0.2, 0.25) is 0 Å². The maximum atomic E-state index is 10.4. The molecule has 0 saturated carbocycles. The average molecular weight is 340 g/mol. The van der Waals surface area contributed by atoms with Crippen LogP contribution in [0.5, 0.6) is 0 Å². The zero-order chi connectivity index (χ0) is 14.7. The van der Waals surface area contributed by atoms with E-state index in [9.17, 15) is 4.79 Å². The molecule has 14 heteroatoms. The zero-order valence-corrected chi connectivity index (χ0v) is 15.4. The van der Waals surface area contributed by atoms with E-state index in [0.717, 1.165) is 0 Å². The summed E-state index contributed by atoms with van der Waals surface area (Å²) in [4.78, 5) is 10.4. The van der Waals surface area contributed by atoms with Gasteiger partial charge in [-0.2, -0.15) is 8.42 Å². The quantitative estimate of drug-likeness (QED) is 0.176. The molecule has 0 aliphatic carbocycles. The molecule has 0 spiro atoms. The fourth-order valence-corrected chi connectivity index (χ4v) is 1.07. The van der Waals surface area contributed by atoms with Gasteiger partial charge in [0.1, 0.15) is 18.3 Å². The Morgan fingerprint density at radius 1 is 0.950 bits per heavy atom. The third kappa shape index (κ3) is 9.97. The number of aliphatic hydroxyl groups excluding tert-OH is 4. The van der Waals surface area contributed by atoms with Gasteiger partial charge in [0.05, 0.1) is 0 Å². The number of hydrogen-bond acceptors (Lipinski definition) is 8. The Balaban J connectivity index is -0.0000000952. The van der Waals surface area contributed by atoms with Gasteiger partial charge in [-0.15, -0.1) is 0 Å². The number of aliphatic hydroxyl groups is 4. The molecular formula is C6H14Na2O11S. The van der Waals surface area contributed by atoms with Gasteiger partial charge in [-0.1, -0.05) is 0 Å². The molecule has 20 heavy (non-hydrogen) atoms. The molecule has 5 atom stereocenters. The molecule has 112 valence electrons. The SMILES string of the molecule is O=C(O)[C@@H]1O[C@@H](O)[C@H](O)[C@@H](O)[C@@H]1O.O=S(=O)(O)O.[H-].[H-].[Na+].[Na+]. The van der Waals surface area contributed by atoms with Crippen LogP contribution in [0.3, 0.4) is 0 Å². The molecule has 1 aliphatic rings. The van der Waals surface area contributed by atoms with Crippen molar-refractivity contribution in [2.24, 2.45) is 0 Å². The van der Waals surface area contributed by atoms with E-state index in [2.05, 4.69) is 4.74 Å². The van der Waals surface area contributed by atoms with Crippen molar-refractivity contribution >= 4 is 16.4 Å². The van der Waals surface area contributed by atoms with E-state index < -0.39 is 47.1 Å². The van der Waals surface area contributed by atoms with E-state index in [0.29, 0.717) is 0 Å². The summed E-state index contributed by atoms with van der Waals surface area (Å²) in [6.45, 7) is 0. The predicted molar refractivity (Wildman–Crippen MR) is 52.9 cm³/mol. The van der Waals surface area contributed by atoms with Crippen molar-refractivity contribution in [3.63, 3.8) is 0 Å². The summed E-state index contributed by atoms with van der Waals surface area (Å²) in [5, 5.41) is 44.4. The number of carboxylic acids is 1. The molecule has 0 aromatic heterocycles. The minimum Gasteiger partial charge on any atom is -1.00 e. The monoisotopic (exact) mass is 340 g/mol. The van der Waals surface area contributed by atoms with E-state index in [1.54, 1.807) is 0 Å². The van der Waals surface area contributed by atoms with Gasteiger partial charge in [0, 0.05) is 0 Å². The van der Waals surface area contributed by atoms with Gasteiger partial charge in [0.25, 0.3) is 0 Å². The number of carboxylic acid groups (broad SMARTS) is 1. The Kier molecular flexibility index (Phi) is 14.1. The molecule has 11 nitrogen and oxygen atoms in total. The molecule has 1 saturated heterocycles. The first-order valence-electron chi connectivity index (χ1n) is 4.25. The fraction of sp³-hybridized carbons (Fsp3) is 0.833. The van der Waals surface area contributed by atoms with Crippen LogP contribution in [-0.4, -0.2) is 79.7 Å². The molecule has 0 aromatic carbocycles. The maximum Gasteiger partial charge on any atom is 1.00 e. The molecule has 1 rings (SSSR count). The van der Waals surface area contributed by atoms with E-state index in [4.69, 9.17) is 43.1 Å². The summed E-state index contributed by atoms with van der Waals surface area (Å²) < 4.78 is 35.9. The predicted octanol–water partition coefficient (Wildman–Crippen LogP) is -9.55. The Hall–Kier alpha value is 1.14. The van der Waals surface area contributed by atoms with E-state index in [-0.39, 0.29) is 62.0 Å². The standard InChI is InChI=1S/C6H10O7.2Na.H2O4S.2H/c7-1-2(8)4(5(10)11)13-6(12)3(1)9;;;1-5(2,3)4;;/h1-4,6-9,12H,(H,10,11);;;(H2,1,2,3,4);;/q;2*+1;;2*-1/t1-,2-,3+,4+,6+;;;;;/m0...../s1. The first-order chi connectivity index (χ1) is 7.95. The largest absolute Gasteiger partial charge is 1.00 e. The van der Waals surface area contributed by atoms with Gasteiger partial charge < -0.3 is 33.1 Å². The molecule has 1 aliphatic heterocycles. The molecular weight excluding hydrogens is 326 g/mol. The van der Waals surface area contributed by atoms with Gasteiger partial charge in [-0.3, -0.25) is 9.11 Å². The van der Waals surface area contributed by atoms with Crippen LogP contribution in [0.1, 0.15) is 2.85 Å². The second-order valence-corrected chi connectivity index (χ2v) is 4.10. The number of carbonyl (C=O) groups is 1. The van der Waals surface area contributed by atoms with Crippen LogP contribution in [-0.2, 0) is 19.9 Å². The van der Waals surface area contributed by atoms with Gasteiger partial charge in [-0.05, 0) is 0 Å². The number of hydrogen-bond donors (Lipinski definition) is 7. The Morgan fingerprint density at radius 2 is 1.30 bits per heavy atom. The molecule has 0 bridgehead atoms. The van der Waals surface area contributed by atoms with Crippen molar-refractivity contribution in [3.8, 4) is 0 Å². The van der Waals surface area contributed by atoms with Crippen molar-refractivity contribution in [2.45, 2.75) is 30.7 Å². The average Bonchev–Trinajstić information content (AvgIpc) is 2.17. The minimum absolute atomic E-state index is 0. The Labute approximate surface area is 160 Å². The first kappa shape index (κ1) is 26.1. The summed E-state index contributed by atoms with van der Waals surface area (Å²) in [5.41, 5.74) is 0. The molecule has 0 radical (unpaired) electrons. The normalized spacial score (nSPS) is 32.8. The molecule has 1 fully saturated rings. The maximum absolute atomic E-state index is 10.4. The van der Waals surface area contributed by atoms with E-state index in [1.807, 2.05) is 0 Å². The molecule has 7 N–H and O–H groups in total. The number of rotatable bonds is 1. The van der Waals surface area contributed by atoms with Crippen LogP contribution >= 0.6 is 0 Å². The van der Waals surface area contributed by atoms with Crippen molar-refractivity contribution in [2.75, 3.05) is 0 Å². The van der Waals surface area contributed by atoms with Crippen LogP contribution in [0, 0.1) is 0 Å². The van der Waals surface area contributed by atoms with Crippen molar-refractivity contribution in [1.82, 2.24) is 0 Å². The summed E-state index contributed by atoms with van der Waals surface area (Å²) in [7, 11) is -4.67. The minimum atomic E-state index is -4.67. The van der Waals surface area contributed by atoms with Crippen LogP contribution in [0.4, 0.5) is 0 Å². The van der Waals surface area contributed by atoms with E-state index in [1.165, 1.54) is 0 Å². The van der Waals surface area contributed by atoms with Gasteiger partial charge in [0.15, 0.2) is 12.4 Å². The molecule has 0 aromatic rings. The van der Waals surface area contributed by atoms with Crippen LogP contribution in [0.2, 0.25) is 0 Å². The smallest absolute Gasteiger partial charge is 1.00 e. The summed E-state index contributed by atoms with van der Waals surface area (Å²) in [6, 6.07) is 0. The Morgan fingerprint density at radius 3 is 1.60 bits per heavy atom. The van der Waals surface area contributed by atoms with Crippen LogP contribution in [0.25, 0.3) is 0 Å². The Bertz CT molecular complexity index is 388. The third-order valence-corrected chi connectivity index (χ3v) is 1.83. The summed E-state index contributed by atoms with van der Waals surface area (Å²) in [6.07, 6.45) is -8.72. The van der Waals surface area contributed by atoms with Crippen LogP contribution in [0.15, 0.2) is 0 Å². The molecule has 1 heterocycles. The molecule has 0 unspecified atom stereocenters. The topological polar surface area (TPSA) is 202 Å². The summed E-state index contributed by atoms with van der Waals surface area (Å²) in [5.74, 6) is -1.52. The van der Waals surface area contributed by atoms with E-state index >= 15 is 0 Å². The van der Waals surface area contributed by atoms with Crippen LogP contribution < -0.4 is 59.1 Å². The number of ether oxygens (including phenoxy) is 1. The zero-order valence-electron chi connectivity index (χ0n) is 12.6. The fourth-order valence-electron chi connectivity index (χ4n) is 1.07. The first-order valence-corrected chi connectivity index (χ1v) is 5.65. The molecule has 0 amide bonds. The van der Waals surface area contributed by atoms with Crippen molar-refractivity contribution in [3.05, 3.63) is 0 Å². The third-order valence-electron chi connectivity index (χ3n) is 1.83. The van der Waals surface area contributed by atoms with Crippen molar-refractivity contribution in [1.29, 1.82) is 0 Å². The second kappa shape index (κ2) is 10.8. The van der Waals surface area contributed by atoms with Gasteiger partial charge in [-0.25, -0.2) is 4.79 Å². The second-order valence-electron chi connectivity index (χ2n) is 3.21. The number of aliphatic carboxylic acids is 1. The van der Waals surface area contributed by atoms with Crippen molar-refractivity contribution < 1.29 is 115 Å².